The number of hydrogen-bond acceptors (Lipinski definition) is 7. The summed E-state index contributed by atoms with van der Waals surface area (Å²) in [5.41, 5.74) is 0.251. The van der Waals surface area contributed by atoms with Gasteiger partial charge in [0, 0.05) is 70.8 Å². The highest BCUT2D eigenvalue weighted by atomic mass is 16.5. The molecule has 348 valence electrons. The minimum Gasteiger partial charge on any atom is -0.381 e. The third-order valence-corrected chi connectivity index (χ3v) is 13.9. The lowest BCUT2D eigenvalue weighted by Gasteiger charge is -2.32. The summed E-state index contributed by atoms with van der Waals surface area (Å²) in [5, 5.41) is 0. The Morgan fingerprint density at radius 2 is 1.02 bits per heavy atom. The number of carbonyl (C=O) groups excluding carboxylic acids is 1. The van der Waals surface area contributed by atoms with Gasteiger partial charge in [-0.1, -0.05) is 103 Å². The highest BCUT2D eigenvalue weighted by molar-refractivity contribution is 5.91. The van der Waals surface area contributed by atoms with Gasteiger partial charge in [-0.15, -0.1) is 0 Å². The van der Waals surface area contributed by atoms with E-state index in [2.05, 4.69) is 69.2 Å². The standard InChI is InChI=1S/C11H18O.2C7H14O.2C6H12O.2C5H10O.2C2H6/c1-7-8-5-6-11(4,9(7)12)10(8,2)3;1-2-7-3-5-8-6-4-7;1-2-7-4-3-5-8-6-7;2*1-2-6-4-3-5-7-6;1-5-2-3-6-4-5;1-5-3-2-4-6-5;2*1-2/h7-8H,5-6H2,1-4H3;2*7H,2-6H2,1H3;2*6H,2-5H2,1H3;2*5H,2-4H2,1H3;2*1-2H3. The van der Waals surface area contributed by atoms with Gasteiger partial charge < -0.3 is 28.4 Å². The maximum absolute atomic E-state index is 11.9. The molecule has 6 saturated heterocycles. The second kappa shape index (κ2) is 35.0. The first-order valence-electron chi connectivity index (χ1n) is 25.0. The van der Waals surface area contributed by atoms with Crippen molar-refractivity contribution in [3.05, 3.63) is 0 Å². The molecule has 7 heteroatoms. The lowest BCUT2D eigenvalue weighted by Crippen LogP contribution is -2.33. The topological polar surface area (TPSA) is 72.5 Å². The molecule has 8 rings (SSSR count). The Labute approximate surface area is 362 Å². The van der Waals surface area contributed by atoms with Crippen LogP contribution < -0.4 is 0 Å². The van der Waals surface area contributed by atoms with Gasteiger partial charge in [0.15, 0.2) is 0 Å². The van der Waals surface area contributed by atoms with E-state index in [1.807, 2.05) is 27.7 Å². The van der Waals surface area contributed by atoms with Gasteiger partial charge in [-0.3, -0.25) is 4.79 Å². The molecular weight excluding hydrogens is 725 g/mol. The molecule has 0 aromatic heterocycles. The number of hydrogen-bond donors (Lipinski definition) is 0. The van der Waals surface area contributed by atoms with Gasteiger partial charge in [-0.05, 0) is 132 Å². The zero-order valence-electron chi connectivity index (χ0n) is 41.4. The number of ketones is 1. The number of ether oxygens (including phenoxy) is 6. The molecule has 2 bridgehead atoms. The smallest absolute Gasteiger partial charge is 0.142 e. The summed E-state index contributed by atoms with van der Waals surface area (Å²) in [6, 6.07) is 0. The summed E-state index contributed by atoms with van der Waals surface area (Å²) in [6.45, 7) is 39.0. The van der Waals surface area contributed by atoms with Crippen LogP contribution in [-0.2, 0) is 33.2 Å². The van der Waals surface area contributed by atoms with Gasteiger partial charge >= 0.3 is 0 Å². The lowest BCUT2D eigenvalue weighted by atomic mass is 9.70. The predicted octanol–water partition coefficient (Wildman–Crippen LogP) is 13.7. The number of rotatable bonds is 4. The second-order valence-corrected chi connectivity index (χ2v) is 18.2. The minimum atomic E-state index is -0.00289. The van der Waals surface area contributed by atoms with Gasteiger partial charge in [0.25, 0.3) is 0 Å². The number of carbonyl (C=O) groups is 1. The molecule has 0 spiro atoms. The van der Waals surface area contributed by atoms with Crippen molar-refractivity contribution in [1.29, 1.82) is 0 Å². The van der Waals surface area contributed by atoms with Gasteiger partial charge in [0.1, 0.15) is 5.78 Å². The van der Waals surface area contributed by atoms with E-state index in [4.69, 9.17) is 28.4 Å². The van der Waals surface area contributed by atoms with Crippen LogP contribution in [0.4, 0.5) is 0 Å². The molecule has 0 amide bonds. The first kappa shape index (κ1) is 57.4. The predicted molar refractivity (Wildman–Crippen MR) is 247 cm³/mol. The Balaban J connectivity index is 0.000000652. The van der Waals surface area contributed by atoms with Crippen molar-refractivity contribution in [3.63, 3.8) is 0 Å². The Morgan fingerprint density at radius 1 is 0.517 bits per heavy atom. The van der Waals surface area contributed by atoms with Gasteiger partial charge in [0.05, 0.1) is 18.3 Å². The van der Waals surface area contributed by atoms with Crippen molar-refractivity contribution >= 4 is 5.78 Å². The summed E-state index contributed by atoms with van der Waals surface area (Å²) in [6.07, 6.45) is 23.3. The van der Waals surface area contributed by atoms with Crippen LogP contribution in [0.15, 0.2) is 0 Å². The Hall–Kier alpha value is -0.570. The molecule has 7 nitrogen and oxygen atoms in total. The van der Waals surface area contributed by atoms with Gasteiger partial charge in [-0.25, -0.2) is 0 Å². The van der Waals surface area contributed by atoms with Crippen LogP contribution in [0.1, 0.15) is 206 Å². The fraction of sp³-hybridized carbons (Fsp3) is 0.980. The Kier molecular flexibility index (Phi) is 34.6. The highest BCUT2D eigenvalue weighted by Gasteiger charge is 2.64. The molecular formula is C51H102O7. The second-order valence-electron chi connectivity index (χ2n) is 18.2. The SMILES string of the molecule is CC.CC.CC1C(=O)C2(C)CCC1C2(C)C.CC1CCCO1.CC1CCOC1.CCC1CCCO1.CCC1CCCO1.CCC1CCCOC1.CCC1CCOCC1. The van der Waals surface area contributed by atoms with E-state index in [0.29, 0.717) is 35.9 Å². The summed E-state index contributed by atoms with van der Waals surface area (Å²) in [7, 11) is 0. The maximum Gasteiger partial charge on any atom is 0.142 e. The summed E-state index contributed by atoms with van der Waals surface area (Å²) in [5.74, 6) is 4.13. The highest BCUT2D eigenvalue weighted by Crippen LogP contribution is 2.65. The summed E-state index contributed by atoms with van der Waals surface area (Å²) >= 11 is 0. The van der Waals surface area contributed by atoms with Gasteiger partial charge in [-0.2, -0.15) is 0 Å². The third-order valence-electron chi connectivity index (χ3n) is 13.9. The molecule has 58 heavy (non-hydrogen) atoms. The zero-order chi connectivity index (χ0) is 43.8. The van der Waals surface area contributed by atoms with Crippen LogP contribution in [0.2, 0.25) is 0 Å². The molecule has 8 fully saturated rings. The van der Waals surface area contributed by atoms with E-state index >= 15 is 0 Å². The van der Waals surface area contributed by atoms with Crippen LogP contribution >= 0.6 is 0 Å². The van der Waals surface area contributed by atoms with E-state index < -0.39 is 0 Å². The quantitative estimate of drug-likeness (QED) is 0.279. The van der Waals surface area contributed by atoms with E-state index in [1.54, 1.807) is 0 Å². The molecule has 2 saturated carbocycles. The fourth-order valence-electron chi connectivity index (χ4n) is 9.14. The van der Waals surface area contributed by atoms with Crippen LogP contribution in [0.5, 0.6) is 0 Å². The number of fused-ring (bicyclic) bond motifs is 2. The van der Waals surface area contributed by atoms with Crippen molar-refractivity contribution in [2.75, 3.05) is 59.5 Å². The Bertz CT molecular complexity index is 858. The van der Waals surface area contributed by atoms with Crippen molar-refractivity contribution < 1.29 is 33.2 Å². The minimum absolute atomic E-state index is 0.00289. The normalized spacial score (nSPS) is 32.7. The molecule has 0 N–H and O–H groups in total. The molecule has 0 aromatic carbocycles. The first-order chi connectivity index (χ1) is 27.9. The summed E-state index contributed by atoms with van der Waals surface area (Å²) in [4.78, 5) is 11.9. The molecule has 8 unspecified atom stereocenters. The van der Waals surface area contributed by atoms with E-state index in [9.17, 15) is 4.79 Å². The third kappa shape index (κ3) is 22.0. The Morgan fingerprint density at radius 3 is 1.24 bits per heavy atom. The van der Waals surface area contributed by atoms with Crippen molar-refractivity contribution in [3.8, 4) is 0 Å². The first-order valence-corrected chi connectivity index (χ1v) is 25.0. The van der Waals surface area contributed by atoms with Crippen LogP contribution in [-0.4, -0.2) is 83.6 Å². The molecule has 2 aliphatic carbocycles. The molecule has 0 radical (unpaired) electrons. The van der Waals surface area contributed by atoms with Gasteiger partial charge in [0.2, 0.25) is 0 Å². The van der Waals surface area contributed by atoms with Crippen LogP contribution in [0.3, 0.4) is 0 Å². The number of Topliss-reactive ketones (excluding diaryl/α,β-unsaturated/α-hetero) is 1. The molecule has 6 aliphatic heterocycles. The monoisotopic (exact) mass is 827 g/mol. The van der Waals surface area contributed by atoms with Crippen molar-refractivity contribution in [2.24, 2.45) is 40.4 Å². The van der Waals surface area contributed by atoms with E-state index in [-0.39, 0.29) is 10.8 Å². The van der Waals surface area contributed by atoms with E-state index in [1.165, 1.54) is 103 Å². The van der Waals surface area contributed by atoms with Crippen LogP contribution in [0, 0.1) is 40.4 Å². The maximum atomic E-state index is 11.9. The molecule has 8 aliphatic rings. The van der Waals surface area contributed by atoms with E-state index in [0.717, 1.165) is 83.6 Å². The average molecular weight is 827 g/mol. The summed E-state index contributed by atoms with van der Waals surface area (Å²) < 4.78 is 31.3. The zero-order valence-corrected chi connectivity index (χ0v) is 41.4. The molecule has 6 heterocycles. The van der Waals surface area contributed by atoms with Crippen molar-refractivity contribution in [2.45, 2.75) is 224 Å². The lowest BCUT2D eigenvalue weighted by molar-refractivity contribution is -0.131. The molecule has 8 atom stereocenters. The average Bonchev–Trinajstić information content (AvgIpc) is 4.15. The van der Waals surface area contributed by atoms with Crippen molar-refractivity contribution in [1.82, 2.24) is 0 Å². The largest absolute Gasteiger partial charge is 0.381 e. The van der Waals surface area contributed by atoms with Crippen LogP contribution in [0.25, 0.3) is 0 Å². The molecule has 0 aromatic rings. The fourth-order valence-corrected chi connectivity index (χ4v) is 9.14.